The molecule has 1 aliphatic rings. The molecule has 1 saturated heterocycles. The highest BCUT2D eigenvalue weighted by Gasteiger charge is 2.44. The van der Waals surface area contributed by atoms with E-state index in [2.05, 4.69) is 9.44 Å². The molecule has 1 fully saturated rings. The molecule has 12 nitrogen and oxygen atoms in total. The van der Waals surface area contributed by atoms with Gasteiger partial charge in [-0.15, -0.1) is 0 Å². The fourth-order valence-corrected chi connectivity index (χ4v) is 3.81. The topological polar surface area (TPSA) is 207 Å². The first kappa shape index (κ1) is 23.8. The van der Waals surface area contributed by atoms with E-state index in [-0.39, 0.29) is 17.2 Å². The molecule has 29 heavy (non-hydrogen) atoms. The van der Waals surface area contributed by atoms with Crippen molar-refractivity contribution in [2.75, 3.05) is 6.61 Å². The Morgan fingerprint density at radius 2 is 1.79 bits per heavy atom. The van der Waals surface area contributed by atoms with E-state index in [1.54, 1.807) is 0 Å². The van der Waals surface area contributed by atoms with Crippen molar-refractivity contribution in [2.45, 2.75) is 42.4 Å². The van der Waals surface area contributed by atoms with Gasteiger partial charge in [0.15, 0.2) is 0 Å². The molecule has 2 rings (SSSR count). The number of rotatable bonds is 7. The Kier molecular flexibility index (Phi) is 8.21. The van der Waals surface area contributed by atoms with Crippen LogP contribution in [0.1, 0.15) is 18.1 Å². The average molecular weight is 455 g/mol. The quantitative estimate of drug-likeness (QED) is 0.108. The van der Waals surface area contributed by atoms with E-state index in [0.29, 0.717) is 17.3 Å². The Labute approximate surface area is 170 Å². The van der Waals surface area contributed by atoms with Crippen LogP contribution in [0.4, 0.5) is 0 Å². The molecule has 14 heteroatoms. The van der Waals surface area contributed by atoms with E-state index < -0.39 is 53.0 Å². The van der Waals surface area contributed by atoms with E-state index >= 15 is 0 Å². The van der Waals surface area contributed by atoms with Crippen LogP contribution < -0.4 is 0 Å². The Bertz CT molecular complexity index is 799. The molecule has 1 aromatic carbocycles. The highest BCUT2D eigenvalue weighted by atomic mass is 32.3. The summed E-state index contributed by atoms with van der Waals surface area (Å²) in [6, 6.07) is 5.43. The normalized spacial score (nSPS) is 29.4. The molecule has 164 valence electrons. The molecule has 0 amide bonds. The molecule has 0 aliphatic carbocycles. The number of hydrogen-bond donors (Lipinski definition) is 7. The molecule has 0 spiro atoms. The molecule has 0 radical (unpaired) electrons. The Morgan fingerprint density at radius 1 is 1.17 bits per heavy atom. The highest BCUT2D eigenvalue weighted by molar-refractivity contribution is 8.14. The summed E-state index contributed by atoms with van der Waals surface area (Å²) < 4.78 is 39.6. The van der Waals surface area contributed by atoms with E-state index in [1.807, 2.05) is 0 Å². The first-order chi connectivity index (χ1) is 13.5. The maximum Gasteiger partial charge on any atom is 0.466 e. The summed E-state index contributed by atoms with van der Waals surface area (Å²) in [5.41, 5.74) is -0.988. The van der Waals surface area contributed by atoms with Gasteiger partial charge in [-0.1, -0.05) is 29.1 Å². The first-order valence-electron chi connectivity index (χ1n) is 8.19. The number of nitrogens with zero attached hydrogens (tertiary/aromatic N) is 1. The van der Waals surface area contributed by atoms with Gasteiger partial charge in [-0.3, -0.25) is 4.55 Å². The Morgan fingerprint density at radius 3 is 2.34 bits per heavy atom. The minimum absolute atomic E-state index is 0.0414. The van der Waals surface area contributed by atoms with Crippen molar-refractivity contribution in [2.24, 2.45) is 5.16 Å². The van der Waals surface area contributed by atoms with E-state index in [9.17, 15) is 39.1 Å². The number of phenolic OH excluding ortho intramolecular Hbond substituents is 1. The minimum Gasteiger partial charge on any atom is -0.508 e. The number of phenols is 1. The van der Waals surface area contributed by atoms with Crippen LogP contribution in [0, 0.1) is 0 Å². The predicted octanol–water partition coefficient (Wildman–Crippen LogP) is -1.52. The molecule has 6 unspecified atom stereocenters. The van der Waals surface area contributed by atoms with Crippen LogP contribution in [0.5, 0.6) is 5.75 Å². The van der Waals surface area contributed by atoms with Gasteiger partial charge in [-0.05, 0) is 17.7 Å². The van der Waals surface area contributed by atoms with E-state index in [0.717, 1.165) is 0 Å². The minimum atomic E-state index is -4.96. The molecule has 1 heterocycles. The number of aliphatic hydroxyl groups is 5. The van der Waals surface area contributed by atoms with Crippen LogP contribution in [0.2, 0.25) is 0 Å². The summed E-state index contributed by atoms with van der Waals surface area (Å²) >= 11 is 0.551. The lowest BCUT2D eigenvalue weighted by molar-refractivity contribution is -0.205. The van der Waals surface area contributed by atoms with Crippen LogP contribution in [0.3, 0.4) is 0 Å². The van der Waals surface area contributed by atoms with Gasteiger partial charge >= 0.3 is 10.4 Å². The van der Waals surface area contributed by atoms with Crippen LogP contribution in [0.25, 0.3) is 0 Å². The van der Waals surface area contributed by atoms with Crippen molar-refractivity contribution in [3.63, 3.8) is 0 Å². The predicted molar refractivity (Wildman–Crippen MR) is 99.1 cm³/mol. The maximum absolute atomic E-state index is 10.8. The summed E-state index contributed by atoms with van der Waals surface area (Å²) in [6.07, 6.45) is -7.75. The lowest BCUT2D eigenvalue weighted by Crippen LogP contribution is -2.57. The van der Waals surface area contributed by atoms with Gasteiger partial charge in [0.25, 0.3) is 0 Å². The number of oxime groups is 1. The molecule has 1 aliphatic heterocycles. The van der Waals surface area contributed by atoms with Crippen molar-refractivity contribution in [1.29, 1.82) is 0 Å². The zero-order valence-electron chi connectivity index (χ0n) is 14.7. The number of aromatic hydroxyl groups is 1. The molecule has 1 aromatic rings. The average Bonchev–Trinajstić information content (AvgIpc) is 2.66. The van der Waals surface area contributed by atoms with Gasteiger partial charge in [0, 0.05) is 6.42 Å². The third-order valence-corrected chi connectivity index (χ3v) is 5.38. The fraction of sp³-hybridized carbons (Fsp3) is 0.533. The molecule has 0 bridgehead atoms. The van der Waals surface area contributed by atoms with Crippen LogP contribution in [0.15, 0.2) is 29.4 Å². The number of aliphatic hydroxyl groups excluding tert-OH is 5. The second-order valence-electron chi connectivity index (χ2n) is 6.11. The van der Waals surface area contributed by atoms with Crippen LogP contribution in [-0.4, -0.2) is 85.1 Å². The van der Waals surface area contributed by atoms with Gasteiger partial charge in [0.2, 0.25) is 0 Å². The third kappa shape index (κ3) is 6.77. The molecular weight excluding hydrogens is 434 g/mol. The third-order valence-electron chi connectivity index (χ3n) is 3.98. The number of thioether (sulfide) groups is 1. The monoisotopic (exact) mass is 455 g/mol. The van der Waals surface area contributed by atoms with Gasteiger partial charge in [-0.25, -0.2) is 4.28 Å². The molecule has 0 aromatic heterocycles. The second-order valence-corrected chi connectivity index (χ2v) is 8.29. The number of benzene rings is 1. The lowest BCUT2D eigenvalue weighted by atomic mass is 10.0. The molecule has 7 N–H and O–H groups in total. The smallest absolute Gasteiger partial charge is 0.466 e. The zero-order valence-corrected chi connectivity index (χ0v) is 16.3. The van der Waals surface area contributed by atoms with Crippen molar-refractivity contribution in [3.8, 4) is 5.75 Å². The molecule has 0 saturated carbocycles. The largest absolute Gasteiger partial charge is 0.508 e. The fourth-order valence-electron chi connectivity index (χ4n) is 2.47. The Balaban J connectivity index is 2.20. The van der Waals surface area contributed by atoms with Gasteiger partial charge < -0.3 is 35.4 Å². The van der Waals surface area contributed by atoms with Gasteiger partial charge in [0.1, 0.15) is 40.6 Å². The second kappa shape index (κ2) is 10.0. The summed E-state index contributed by atoms with van der Waals surface area (Å²) in [6.45, 7) is -0.674. The summed E-state index contributed by atoms with van der Waals surface area (Å²) in [7, 11) is -4.96. The number of hydrogen-bond acceptors (Lipinski definition) is 12. The van der Waals surface area contributed by atoms with Crippen molar-refractivity contribution in [3.05, 3.63) is 29.8 Å². The number of ether oxygens (including phenoxy) is 1. The summed E-state index contributed by atoms with van der Waals surface area (Å²) in [4.78, 5) is 0. The summed E-state index contributed by atoms with van der Waals surface area (Å²) in [5.74, 6) is -0.0414. The van der Waals surface area contributed by atoms with E-state index in [4.69, 9.17) is 9.29 Å². The van der Waals surface area contributed by atoms with E-state index in [1.165, 1.54) is 24.3 Å². The first-order valence-corrected chi connectivity index (χ1v) is 10.4. The van der Waals surface area contributed by atoms with Crippen molar-refractivity contribution in [1.82, 2.24) is 0 Å². The van der Waals surface area contributed by atoms with Gasteiger partial charge in [0.05, 0.1) is 12.7 Å². The SMILES string of the molecule is O=S(=O)(O)O/N=C(\CC(O)c1ccc(O)cc1)SC1OC(CO)C(O)C(O)C1O. The van der Waals surface area contributed by atoms with Crippen LogP contribution >= 0.6 is 11.8 Å². The lowest BCUT2D eigenvalue weighted by Gasteiger charge is -2.39. The van der Waals surface area contributed by atoms with Crippen LogP contribution in [-0.2, 0) is 19.4 Å². The highest BCUT2D eigenvalue weighted by Crippen LogP contribution is 2.32. The standard InChI is InChI=1S/C15H21NO11S2/c17-6-10-12(20)13(21)14(22)15(26-10)28-11(16-27-29(23,24)25)5-9(19)7-1-3-8(18)4-2-7/h1-4,9-10,12-15,17-22H,5-6H2,(H,23,24,25)/b16-11+. The van der Waals surface area contributed by atoms with Crippen molar-refractivity contribution >= 4 is 27.2 Å². The Hall–Kier alpha value is -1.49. The van der Waals surface area contributed by atoms with Crippen molar-refractivity contribution < 1.29 is 52.6 Å². The van der Waals surface area contributed by atoms with Gasteiger partial charge in [-0.2, -0.15) is 8.42 Å². The molecular formula is C15H21NO11S2. The zero-order chi connectivity index (χ0) is 21.8. The summed E-state index contributed by atoms with van der Waals surface area (Å²) in [5, 5.41) is 61.6. The maximum atomic E-state index is 10.8. The molecule has 6 atom stereocenters.